The van der Waals surface area contributed by atoms with E-state index in [1.807, 2.05) is 24.3 Å². The molecule has 1 N–H and O–H groups in total. The van der Waals surface area contributed by atoms with Gasteiger partial charge in [0.2, 0.25) is 0 Å². The Hall–Kier alpha value is -1.19. The van der Waals surface area contributed by atoms with E-state index in [2.05, 4.69) is 40.3 Å². The van der Waals surface area contributed by atoms with E-state index in [1.54, 1.807) is 6.07 Å². The highest BCUT2D eigenvalue weighted by Gasteiger charge is 2.15. The molecule has 2 rings (SSSR count). The Labute approximate surface area is 134 Å². The van der Waals surface area contributed by atoms with Crippen LogP contribution in [0.4, 0.5) is 4.39 Å². The molecule has 0 saturated heterocycles. The Morgan fingerprint density at radius 3 is 2.62 bits per heavy atom. The van der Waals surface area contributed by atoms with Gasteiger partial charge in [-0.05, 0) is 49.6 Å². The van der Waals surface area contributed by atoms with Crippen molar-refractivity contribution < 1.29 is 4.39 Å². The van der Waals surface area contributed by atoms with Gasteiger partial charge in [-0.3, -0.25) is 0 Å². The van der Waals surface area contributed by atoms with E-state index in [4.69, 9.17) is 0 Å². The van der Waals surface area contributed by atoms with Crippen LogP contribution >= 0.6 is 15.9 Å². The van der Waals surface area contributed by atoms with E-state index in [0.29, 0.717) is 0 Å². The fourth-order valence-corrected chi connectivity index (χ4v) is 2.80. The number of hydrogen-bond acceptors (Lipinski definition) is 1. The molecule has 1 unspecified atom stereocenters. The molecule has 0 aliphatic heterocycles. The lowest BCUT2D eigenvalue weighted by atomic mass is 9.98. The predicted octanol–water partition coefficient (Wildman–Crippen LogP) is 5.26. The second-order valence-corrected chi connectivity index (χ2v) is 6.11. The lowest BCUT2D eigenvalue weighted by Crippen LogP contribution is -2.23. The first-order valence-electron chi connectivity index (χ1n) is 7.43. The molecule has 1 nitrogen and oxygen atoms in total. The number of rotatable bonds is 7. The molecule has 0 bridgehead atoms. The van der Waals surface area contributed by atoms with Crippen molar-refractivity contribution in [1.82, 2.24) is 5.32 Å². The van der Waals surface area contributed by atoms with E-state index in [-0.39, 0.29) is 11.9 Å². The zero-order valence-corrected chi connectivity index (χ0v) is 13.9. The molecule has 0 fully saturated rings. The Balaban J connectivity index is 2.12. The van der Waals surface area contributed by atoms with Crippen molar-refractivity contribution in [2.75, 3.05) is 6.54 Å². The van der Waals surface area contributed by atoms with Crippen LogP contribution in [0.1, 0.15) is 36.9 Å². The molecular formula is C18H21BrFN. The third kappa shape index (κ3) is 4.94. The van der Waals surface area contributed by atoms with Crippen LogP contribution in [-0.4, -0.2) is 6.54 Å². The van der Waals surface area contributed by atoms with Gasteiger partial charge in [0.05, 0.1) is 0 Å². The molecule has 0 aliphatic carbocycles. The van der Waals surface area contributed by atoms with Gasteiger partial charge in [-0.2, -0.15) is 0 Å². The summed E-state index contributed by atoms with van der Waals surface area (Å²) < 4.78 is 15.0. The average Bonchev–Trinajstić information content (AvgIpc) is 2.51. The fourth-order valence-electron chi connectivity index (χ4n) is 2.42. The summed E-state index contributed by atoms with van der Waals surface area (Å²) in [6, 6.07) is 15.5. The molecule has 2 aromatic carbocycles. The molecule has 112 valence electrons. The maximum absolute atomic E-state index is 14.1. The van der Waals surface area contributed by atoms with Gasteiger partial charge in [0.1, 0.15) is 5.82 Å². The number of benzene rings is 2. The average molecular weight is 350 g/mol. The first kappa shape index (κ1) is 16.2. The lowest BCUT2D eigenvalue weighted by Gasteiger charge is -2.20. The van der Waals surface area contributed by atoms with E-state index < -0.39 is 0 Å². The van der Waals surface area contributed by atoms with Crippen molar-refractivity contribution in [3.8, 4) is 0 Å². The summed E-state index contributed by atoms with van der Waals surface area (Å²) >= 11 is 3.43. The molecule has 0 heterocycles. The molecule has 21 heavy (non-hydrogen) atoms. The lowest BCUT2D eigenvalue weighted by molar-refractivity contribution is 0.473. The van der Waals surface area contributed by atoms with Crippen LogP contribution < -0.4 is 5.32 Å². The topological polar surface area (TPSA) is 12.0 Å². The molecule has 2 aromatic rings. The van der Waals surface area contributed by atoms with Crippen LogP contribution in [0.5, 0.6) is 0 Å². The van der Waals surface area contributed by atoms with Crippen LogP contribution in [0.2, 0.25) is 0 Å². The van der Waals surface area contributed by atoms with Crippen molar-refractivity contribution in [1.29, 1.82) is 0 Å². The highest BCUT2D eigenvalue weighted by molar-refractivity contribution is 9.10. The minimum Gasteiger partial charge on any atom is -0.310 e. The van der Waals surface area contributed by atoms with Gasteiger partial charge >= 0.3 is 0 Å². The SMILES string of the molecule is CCCNC(CCc1ccccc1)c1cc(Br)ccc1F. The molecule has 0 saturated carbocycles. The maximum atomic E-state index is 14.1. The molecule has 0 aromatic heterocycles. The second-order valence-electron chi connectivity index (χ2n) is 5.20. The molecule has 1 atom stereocenters. The summed E-state index contributed by atoms with van der Waals surface area (Å²) in [5, 5.41) is 3.46. The number of aryl methyl sites for hydroxylation is 1. The summed E-state index contributed by atoms with van der Waals surface area (Å²) in [6.07, 6.45) is 2.86. The van der Waals surface area contributed by atoms with Crippen molar-refractivity contribution >= 4 is 15.9 Å². The highest BCUT2D eigenvalue weighted by atomic mass is 79.9. The number of halogens is 2. The molecule has 3 heteroatoms. The molecule has 0 spiro atoms. The Bertz CT molecular complexity index is 556. The van der Waals surface area contributed by atoms with Crippen molar-refractivity contribution in [3.05, 3.63) is 69.9 Å². The summed E-state index contributed by atoms with van der Waals surface area (Å²) in [6.45, 7) is 3.02. The molecule has 0 radical (unpaired) electrons. The van der Waals surface area contributed by atoms with Crippen molar-refractivity contribution in [2.24, 2.45) is 0 Å². The first-order chi connectivity index (χ1) is 10.2. The maximum Gasteiger partial charge on any atom is 0.128 e. The summed E-state index contributed by atoms with van der Waals surface area (Å²) in [7, 11) is 0. The van der Waals surface area contributed by atoms with Gasteiger partial charge in [-0.15, -0.1) is 0 Å². The monoisotopic (exact) mass is 349 g/mol. The zero-order chi connectivity index (χ0) is 15.1. The normalized spacial score (nSPS) is 12.3. The minimum atomic E-state index is -0.139. The Morgan fingerprint density at radius 1 is 1.14 bits per heavy atom. The van der Waals surface area contributed by atoms with E-state index in [0.717, 1.165) is 35.8 Å². The van der Waals surface area contributed by atoms with Gasteiger partial charge < -0.3 is 5.32 Å². The van der Waals surface area contributed by atoms with Crippen molar-refractivity contribution in [2.45, 2.75) is 32.2 Å². The van der Waals surface area contributed by atoms with Crippen molar-refractivity contribution in [3.63, 3.8) is 0 Å². The van der Waals surface area contributed by atoms with Crippen LogP contribution in [0.3, 0.4) is 0 Å². The summed E-state index contributed by atoms with van der Waals surface area (Å²) in [5.74, 6) is -0.139. The largest absolute Gasteiger partial charge is 0.310 e. The third-order valence-electron chi connectivity index (χ3n) is 3.54. The Kier molecular flexibility index (Phi) is 6.40. The van der Waals surface area contributed by atoms with E-state index in [1.165, 1.54) is 11.6 Å². The van der Waals surface area contributed by atoms with Crippen LogP contribution in [-0.2, 0) is 6.42 Å². The number of hydrogen-bond donors (Lipinski definition) is 1. The first-order valence-corrected chi connectivity index (χ1v) is 8.22. The van der Waals surface area contributed by atoms with E-state index in [9.17, 15) is 4.39 Å². The molecule has 0 aliphatic rings. The van der Waals surface area contributed by atoms with Gasteiger partial charge in [0, 0.05) is 16.1 Å². The third-order valence-corrected chi connectivity index (χ3v) is 4.03. The van der Waals surface area contributed by atoms with Gasteiger partial charge in [-0.1, -0.05) is 53.2 Å². The van der Waals surface area contributed by atoms with E-state index >= 15 is 0 Å². The summed E-state index contributed by atoms with van der Waals surface area (Å²) in [4.78, 5) is 0. The quantitative estimate of drug-likeness (QED) is 0.718. The minimum absolute atomic E-state index is 0.0441. The standard InChI is InChI=1S/C18H21BrFN/c1-2-12-21-18(11-8-14-6-4-3-5-7-14)16-13-15(19)9-10-17(16)20/h3-7,9-10,13,18,21H,2,8,11-12H2,1H3. The van der Waals surface area contributed by atoms with Gasteiger partial charge in [0.15, 0.2) is 0 Å². The zero-order valence-electron chi connectivity index (χ0n) is 12.3. The highest BCUT2D eigenvalue weighted by Crippen LogP contribution is 2.25. The molecule has 0 amide bonds. The second kappa shape index (κ2) is 8.30. The van der Waals surface area contributed by atoms with Gasteiger partial charge in [0.25, 0.3) is 0 Å². The smallest absolute Gasteiger partial charge is 0.128 e. The van der Waals surface area contributed by atoms with Gasteiger partial charge in [-0.25, -0.2) is 4.39 Å². The van der Waals surface area contributed by atoms with Crippen LogP contribution in [0.15, 0.2) is 53.0 Å². The van der Waals surface area contributed by atoms with Crippen LogP contribution in [0.25, 0.3) is 0 Å². The summed E-state index contributed by atoms with van der Waals surface area (Å²) in [5.41, 5.74) is 2.03. The Morgan fingerprint density at radius 2 is 1.90 bits per heavy atom. The van der Waals surface area contributed by atoms with Crippen LogP contribution in [0, 0.1) is 5.82 Å². The predicted molar refractivity (Wildman–Crippen MR) is 89.9 cm³/mol. The number of nitrogens with one attached hydrogen (secondary N) is 1. The molecular weight excluding hydrogens is 329 g/mol. The fraction of sp³-hybridized carbons (Fsp3) is 0.333.